The zero-order chi connectivity index (χ0) is 22.5. The predicted octanol–water partition coefficient (Wildman–Crippen LogP) is 5.09. The lowest BCUT2D eigenvalue weighted by atomic mass is 9.48. The van der Waals surface area contributed by atoms with Gasteiger partial charge in [0, 0.05) is 5.56 Å². The quantitative estimate of drug-likeness (QED) is 0.502. The maximum Gasteiger partial charge on any atom is 0.343 e. The minimum Gasteiger partial charge on any atom is -0.496 e. The number of para-hydroxylation sites is 1. The molecule has 4 aliphatic rings. The number of carboxylic acids is 1. The second kappa shape index (κ2) is 7.84. The predicted molar refractivity (Wildman–Crippen MR) is 118 cm³/mol. The van der Waals surface area contributed by atoms with Crippen molar-refractivity contribution < 1.29 is 28.9 Å². The number of hydrogen-bond acceptors (Lipinski definition) is 5. The molecule has 32 heavy (non-hydrogen) atoms. The standard InChI is InChI=1S/C26H28O6/c1-30-21-7-6-18(25(29)32-22-5-3-4-19(24(27)28)23(22)31-2)11-20(21)26-12-15-8-16(13-26)10-17(9-15)14-26/h3-7,11,15-17H,8-10,12-14H2,1-2H3,(H,27,28). The summed E-state index contributed by atoms with van der Waals surface area (Å²) in [6.45, 7) is 0. The number of ether oxygens (including phenoxy) is 3. The van der Waals surface area contributed by atoms with E-state index >= 15 is 0 Å². The number of carboxylic acid groups (broad SMARTS) is 1. The molecule has 0 aliphatic heterocycles. The van der Waals surface area contributed by atoms with Crippen LogP contribution in [0.4, 0.5) is 0 Å². The Kier molecular flexibility index (Phi) is 5.11. The molecule has 4 bridgehead atoms. The SMILES string of the molecule is COc1ccc(C(=O)Oc2cccc(C(=O)O)c2OC)cc1C12CC3CC(CC(C3)C1)C2. The van der Waals surface area contributed by atoms with Crippen molar-refractivity contribution in [3.05, 3.63) is 53.1 Å². The van der Waals surface area contributed by atoms with E-state index in [9.17, 15) is 14.7 Å². The monoisotopic (exact) mass is 436 g/mol. The van der Waals surface area contributed by atoms with Crippen molar-refractivity contribution in [2.75, 3.05) is 14.2 Å². The van der Waals surface area contributed by atoms with E-state index in [-0.39, 0.29) is 22.5 Å². The summed E-state index contributed by atoms with van der Waals surface area (Å²) >= 11 is 0. The molecule has 0 heterocycles. The number of benzene rings is 2. The molecule has 1 N–H and O–H groups in total. The second-order valence-corrected chi connectivity index (χ2v) is 9.64. The van der Waals surface area contributed by atoms with E-state index in [1.165, 1.54) is 44.6 Å². The molecule has 4 saturated carbocycles. The van der Waals surface area contributed by atoms with E-state index < -0.39 is 11.9 Å². The largest absolute Gasteiger partial charge is 0.496 e. The Hall–Kier alpha value is -3.02. The van der Waals surface area contributed by atoms with Crippen molar-refractivity contribution in [1.29, 1.82) is 0 Å². The highest BCUT2D eigenvalue weighted by Gasteiger charge is 2.52. The van der Waals surface area contributed by atoms with E-state index in [0.717, 1.165) is 48.3 Å². The lowest BCUT2D eigenvalue weighted by Crippen LogP contribution is -2.48. The van der Waals surface area contributed by atoms with Gasteiger partial charge in [0.1, 0.15) is 11.3 Å². The number of methoxy groups -OCH3 is 2. The van der Waals surface area contributed by atoms with Crippen LogP contribution in [0.5, 0.6) is 17.2 Å². The highest BCUT2D eigenvalue weighted by Crippen LogP contribution is 2.62. The van der Waals surface area contributed by atoms with E-state index in [2.05, 4.69) is 0 Å². The van der Waals surface area contributed by atoms with Crippen LogP contribution in [-0.2, 0) is 5.41 Å². The van der Waals surface area contributed by atoms with Gasteiger partial charge in [0.15, 0.2) is 11.5 Å². The minimum absolute atomic E-state index is 0.0307. The number of carbonyl (C=O) groups excluding carboxylic acids is 1. The lowest BCUT2D eigenvalue weighted by molar-refractivity contribution is -0.00618. The number of esters is 1. The average Bonchev–Trinajstić information content (AvgIpc) is 2.77. The van der Waals surface area contributed by atoms with Gasteiger partial charge in [0.2, 0.25) is 0 Å². The number of hydrogen-bond donors (Lipinski definition) is 1. The fraction of sp³-hybridized carbons (Fsp3) is 0.462. The Balaban J connectivity index is 1.48. The average molecular weight is 437 g/mol. The topological polar surface area (TPSA) is 82.1 Å². The Morgan fingerprint density at radius 1 is 0.906 bits per heavy atom. The fourth-order valence-corrected chi connectivity index (χ4v) is 6.82. The van der Waals surface area contributed by atoms with Crippen molar-refractivity contribution in [1.82, 2.24) is 0 Å². The molecular formula is C26H28O6. The number of carbonyl (C=O) groups is 2. The summed E-state index contributed by atoms with van der Waals surface area (Å²) in [7, 11) is 3.04. The van der Waals surface area contributed by atoms with Crippen LogP contribution in [0.2, 0.25) is 0 Å². The van der Waals surface area contributed by atoms with Gasteiger partial charge in [-0.05, 0) is 92.0 Å². The smallest absolute Gasteiger partial charge is 0.343 e. The Morgan fingerprint density at radius 3 is 2.12 bits per heavy atom. The van der Waals surface area contributed by atoms with Gasteiger partial charge in [0.05, 0.1) is 19.8 Å². The first-order valence-electron chi connectivity index (χ1n) is 11.2. The van der Waals surface area contributed by atoms with Gasteiger partial charge in [-0.15, -0.1) is 0 Å². The van der Waals surface area contributed by atoms with Crippen molar-refractivity contribution in [3.8, 4) is 17.2 Å². The van der Waals surface area contributed by atoms with Crippen molar-refractivity contribution in [3.63, 3.8) is 0 Å². The van der Waals surface area contributed by atoms with Crippen LogP contribution in [0.15, 0.2) is 36.4 Å². The molecule has 4 aliphatic carbocycles. The van der Waals surface area contributed by atoms with Gasteiger partial charge in [0.25, 0.3) is 0 Å². The zero-order valence-electron chi connectivity index (χ0n) is 18.4. The molecule has 168 valence electrons. The Bertz CT molecular complexity index is 1040. The molecule has 6 heteroatoms. The maximum atomic E-state index is 13.1. The van der Waals surface area contributed by atoms with E-state index in [0.29, 0.717) is 5.56 Å². The molecule has 0 aromatic heterocycles. The number of aromatic carboxylic acids is 1. The minimum atomic E-state index is -1.15. The van der Waals surface area contributed by atoms with E-state index in [4.69, 9.17) is 14.2 Å². The lowest BCUT2D eigenvalue weighted by Gasteiger charge is -2.57. The second-order valence-electron chi connectivity index (χ2n) is 9.64. The van der Waals surface area contributed by atoms with Gasteiger partial charge in [-0.3, -0.25) is 0 Å². The van der Waals surface area contributed by atoms with Gasteiger partial charge >= 0.3 is 11.9 Å². The summed E-state index contributed by atoms with van der Waals surface area (Å²) in [5.41, 5.74) is 1.55. The molecule has 0 unspecified atom stereocenters. The normalized spacial score (nSPS) is 27.8. The van der Waals surface area contributed by atoms with Crippen molar-refractivity contribution >= 4 is 11.9 Å². The van der Waals surface area contributed by atoms with E-state index in [1.54, 1.807) is 13.2 Å². The first-order chi connectivity index (χ1) is 15.4. The number of rotatable bonds is 6. The molecule has 6 rings (SSSR count). The van der Waals surface area contributed by atoms with Gasteiger partial charge < -0.3 is 19.3 Å². The Morgan fingerprint density at radius 2 is 1.56 bits per heavy atom. The van der Waals surface area contributed by atoms with Gasteiger partial charge in [-0.2, -0.15) is 0 Å². The molecule has 0 spiro atoms. The summed E-state index contributed by atoms with van der Waals surface area (Å²) in [5.74, 6) is 1.56. The molecular weight excluding hydrogens is 408 g/mol. The van der Waals surface area contributed by atoms with Crippen LogP contribution < -0.4 is 14.2 Å². The first kappa shape index (κ1) is 20.9. The Labute approximate surface area is 187 Å². The summed E-state index contributed by atoms with van der Waals surface area (Å²) in [6.07, 6.45) is 7.47. The molecule has 2 aromatic rings. The van der Waals surface area contributed by atoms with Crippen LogP contribution in [-0.4, -0.2) is 31.3 Å². The van der Waals surface area contributed by atoms with Crippen LogP contribution >= 0.6 is 0 Å². The highest BCUT2D eigenvalue weighted by atomic mass is 16.6. The van der Waals surface area contributed by atoms with E-state index in [1.807, 2.05) is 12.1 Å². The first-order valence-corrected chi connectivity index (χ1v) is 11.2. The van der Waals surface area contributed by atoms with Crippen LogP contribution in [0.3, 0.4) is 0 Å². The molecule has 0 atom stereocenters. The highest BCUT2D eigenvalue weighted by molar-refractivity contribution is 5.95. The van der Waals surface area contributed by atoms with Gasteiger partial charge in [-0.25, -0.2) is 9.59 Å². The van der Waals surface area contributed by atoms with Crippen LogP contribution in [0.1, 0.15) is 64.8 Å². The zero-order valence-corrected chi connectivity index (χ0v) is 18.4. The van der Waals surface area contributed by atoms with Crippen molar-refractivity contribution in [2.24, 2.45) is 17.8 Å². The van der Waals surface area contributed by atoms with Crippen LogP contribution in [0.25, 0.3) is 0 Å². The molecule has 0 amide bonds. The maximum absolute atomic E-state index is 13.1. The molecule has 2 aromatic carbocycles. The van der Waals surface area contributed by atoms with Crippen LogP contribution in [0, 0.1) is 17.8 Å². The van der Waals surface area contributed by atoms with Gasteiger partial charge in [-0.1, -0.05) is 6.07 Å². The summed E-state index contributed by atoms with van der Waals surface area (Å²) < 4.78 is 16.5. The third-order valence-corrected chi connectivity index (χ3v) is 7.66. The summed E-state index contributed by atoms with van der Waals surface area (Å²) in [6, 6.07) is 9.98. The summed E-state index contributed by atoms with van der Waals surface area (Å²) in [4.78, 5) is 24.6. The van der Waals surface area contributed by atoms with Crippen molar-refractivity contribution in [2.45, 2.75) is 43.9 Å². The third-order valence-electron chi connectivity index (χ3n) is 7.66. The third kappa shape index (κ3) is 3.42. The molecule has 0 saturated heterocycles. The molecule has 0 radical (unpaired) electrons. The summed E-state index contributed by atoms with van der Waals surface area (Å²) in [5, 5.41) is 9.38. The fourth-order valence-electron chi connectivity index (χ4n) is 6.82. The molecule has 6 nitrogen and oxygen atoms in total. The molecule has 4 fully saturated rings.